The van der Waals surface area contributed by atoms with E-state index in [2.05, 4.69) is 5.32 Å². The van der Waals surface area contributed by atoms with E-state index in [1.165, 1.54) is 0 Å². The molecule has 2 aromatic carbocycles. The minimum atomic E-state index is -0.997. The maximum absolute atomic E-state index is 10.4. The molecule has 2 heterocycles. The van der Waals surface area contributed by atoms with Crippen LogP contribution in [0.25, 0.3) is 0 Å². The van der Waals surface area contributed by atoms with Crippen molar-refractivity contribution in [2.45, 2.75) is 50.6 Å². The lowest BCUT2D eigenvalue weighted by Gasteiger charge is -2.43. The van der Waals surface area contributed by atoms with Crippen LogP contribution in [0.4, 0.5) is 5.69 Å². The Morgan fingerprint density at radius 2 is 2.03 bits per heavy atom. The molecule has 0 amide bonds. The lowest BCUT2D eigenvalue weighted by Crippen LogP contribution is -2.52. The lowest BCUT2D eigenvalue weighted by atomic mass is 9.86. The fourth-order valence-corrected chi connectivity index (χ4v) is 4.43. The van der Waals surface area contributed by atoms with E-state index in [4.69, 9.17) is 25.8 Å². The highest BCUT2D eigenvalue weighted by molar-refractivity contribution is 6.31. The number of fused-ring (bicyclic) bond motifs is 1. The molecule has 31 heavy (non-hydrogen) atoms. The zero-order chi connectivity index (χ0) is 22.2. The standard InChI is InChI=1S/C23H28ClNO6/c1-23(2)22(28)18(27)11-21(31-23)15-9-14(16(24)10-20(15)30-12-26)7-13-3-4-19-17(8-13)25-5-6-29-19/h3-4,8-10,18,21-22,25-28H,5-7,11-12H2,1-2H3. The number of aliphatic hydroxyl groups is 3. The average molecular weight is 450 g/mol. The Balaban J connectivity index is 1.67. The minimum Gasteiger partial charge on any atom is -0.490 e. The second kappa shape index (κ2) is 8.84. The SMILES string of the molecule is CC1(C)OC(c2cc(Cc3ccc4c(c3)NCCO4)c(Cl)cc2OCO)CC(O)C1O. The summed E-state index contributed by atoms with van der Waals surface area (Å²) < 4.78 is 17.2. The molecule has 2 aromatic rings. The Kier molecular flexibility index (Phi) is 6.32. The summed E-state index contributed by atoms with van der Waals surface area (Å²) in [7, 11) is 0. The second-order valence-electron chi connectivity index (χ2n) is 8.50. The summed E-state index contributed by atoms with van der Waals surface area (Å²) in [5.41, 5.74) is 2.60. The van der Waals surface area contributed by atoms with Gasteiger partial charge in [0.2, 0.25) is 0 Å². The van der Waals surface area contributed by atoms with Gasteiger partial charge < -0.3 is 34.8 Å². The predicted octanol–water partition coefficient (Wildman–Crippen LogP) is 3.03. The smallest absolute Gasteiger partial charge is 0.186 e. The molecule has 0 saturated carbocycles. The molecular formula is C23H28ClNO6. The van der Waals surface area contributed by atoms with Crippen LogP contribution in [0.3, 0.4) is 0 Å². The van der Waals surface area contributed by atoms with Crippen LogP contribution < -0.4 is 14.8 Å². The molecule has 1 fully saturated rings. The highest BCUT2D eigenvalue weighted by Crippen LogP contribution is 2.42. The van der Waals surface area contributed by atoms with Gasteiger partial charge in [0.05, 0.1) is 23.5 Å². The van der Waals surface area contributed by atoms with E-state index < -0.39 is 30.7 Å². The van der Waals surface area contributed by atoms with Crippen molar-refractivity contribution in [2.24, 2.45) is 0 Å². The number of anilines is 1. The molecule has 168 valence electrons. The number of benzene rings is 2. The third-order valence-corrected chi connectivity index (χ3v) is 6.19. The van der Waals surface area contributed by atoms with E-state index in [9.17, 15) is 15.3 Å². The van der Waals surface area contributed by atoms with Crippen LogP contribution in [0.15, 0.2) is 30.3 Å². The van der Waals surface area contributed by atoms with Crippen molar-refractivity contribution in [2.75, 3.05) is 25.3 Å². The van der Waals surface area contributed by atoms with E-state index in [1.807, 2.05) is 24.3 Å². The minimum absolute atomic E-state index is 0.202. The summed E-state index contributed by atoms with van der Waals surface area (Å²) in [6.45, 7) is 4.36. The van der Waals surface area contributed by atoms with Gasteiger partial charge in [0.15, 0.2) is 6.79 Å². The van der Waals surface area contributed by atoms with Crippen molar-refractivity contribution in [3.8, 4) is 11.5 Å². The molecule has 1 saturated heterocycles. The summed E-state index contributed by atoms with van der Waals surface area (Å²) in [6.07, 6.45) is -1.69. The topological polar surface area (TPSA) is 100 Å². The third kappa shape index (κ3) is 4.61. The summed E-state index contributed by atoms with van der Waals surface area (Å²) >= 11 is 6.55. The number of rotatable bonds is 5. The first-order valence-corrected chi connectivity index (χ1v) is 10.8. The van der Waals surface area contributed by atoms with E-state index in [-0.39, 0.29) is 6.42 Å². The molecule has 7 nitrogen and oxygen atoms in total. The van der Waals surface area contributed by atoms with Gasteiger partial charge in [-0.05, 0) is 55.7 Å². The van der Waals surface area contributed by atoms with Gasteiger partial charge in [0, 0.05) is 23.6 Å². The van der Waals surface area contributed by atoms with Crippen molar-refractivity contribution in [3.63, 3.8) is 0 Å². The van der Waals surface area contributed by atoms with Gasteiger partial charge in [-0.2, -0.15) is 0 Å². The summed E-state index contributed by atoms with van der Waals surface area (Å²) in [4.78, 5) is 0. The van der Waals surface area contributed by atoms with Gasteiger partial charge in [0.25, 0.3) is 0 Å². The van der Waals surface area contributed by atoms with Crippen LogP contribution >= 0.6 is 11.6 Å². The molecule has 8 heteroatoms. The first-order chi connectivity index (χ1) is 14.8. The van der Waals surface area contributed by atoms with Crippen LogP contribution in [0.1, 0.15) is 43.1 Å². The molecule has 0 radical (unpaired) electrons. The van der Waals surface area contributed by atoms with E-state index in [0.717, 1.165) is 29.1 Å². The highest BCUT2D eigenvalue weighted by Gasteiger charge is 2.43. The van der Waals surface area contributed by atoms with Crippen molar-refractivity contribution in [3.05, 3.63) is 52.0 Å². The van der Waals surface area contributed by atoms with Crippen LogP contribution in [-0.4, -0.2) is 53.1 Å². The molecular weight excluding hydrogens is 422 g/mol. The Morgan fingerprint density at radius 3 is 2.77 bits per heavy atom. The lowest BCUT2D eigenvalue weighted by molar-refractivity contribution is -0.214. The van der Waals surface area contributed by atoms with Crippen LogP contribution in [0.5, 0.6) is 11.5 Å². The van der Waals surface area contributed by atoms with Crippen molar-refractivity contribution in [1.29, 1.82) is 0 Å². The number of hydrogen-bond acceptors (Lipinski definition) is 7. The normalized spacial score (nSPS) is 24.6. The van der Waals surface area contributed by atoms with Gasteiger partial charge in [0.1, 0.15) is 24.2 Å². The molecule has 0 spiro atoms. The number of ether oxygens (including phenoxy) is 3. The predicted molar refractivity (Wildman–Crippen MR) is 117 cm³/mol. The molecule has 3 unspecified atom stereocenters. The van der Waals surface area contributed by atoms with Crippen molar-refractivity contribution in [1.82, 2.24) is 0 Å². The second-order valence-corrected chi connectivity index (χ2v) is 8.90. The third-order valence-electron chi connectivity index (χ3n) is 5.84. The largest absolute Gasteiger partial charge is 0.490 e. The van der Waals surface area contributed by atoms with Crippen molar-refractivity contribution < 1.29 is 29.5 Å². The van der Waals surface area contributed by atoms with E-state index in [0.29, 0.717) is 29.4 Å². The number of aliphatic hydroxyl groups excluding tert-OH is 3. The fraction of sp³-hybridized carbons (Fsp3) is 0.478. The summed E-state index contributed by atoms with van der Waals surface area (Å²) in [6, 6.07) is 9.54. The molecule has 3 atom stereocenters. The van der Waals surface area contributed by atoms with Crippen molar-refractivity contribution >= 4 is 17.3 Å². The highest BCUT2D eigenvalue weighted by atomic mass is 35.5. The van der Waals surface area contributed by atoms with Gasteiger partial charge in [-0.3, -0.25) is 0 Å². The Labute approximate surface area is 186 Å². The van der Waals surface area contributed by atoms with Gasteiger partial charge in [-0.15, -0.1) is 0 Å². The molecule has 2 aliphatic heterocycles. The van der Waals surface area contributed by atoms with E-state index >= 15 is 0 Å². The zero-order valence-corrected chi connectivity index (χ0v) is 18.4. The van der Waals surface area contributed by atoms with Gasteiger partial charge >= 0.3 is 0 Å². The van der Waals surface area contributed by atoms with Crippen LogP contribution in [0, 0.1) is 0 Å². The molecule has 0 bridgehead atoms. The monoisotopic (exact) mass is 449 g/mol. The number of hydrogen-bond donors (Lipinski definition) is 4. The van der Waals surface area contributed by atoms with Crippen LogP contribution in [-0.2, 0) is 11.2 Å². The first-order valence-electron chi connectivity index (χ1n) is 10.4. The Morgan fingerprint density at radius 1 is 1.23 bits per heavy atom. The Bertz CT molecular complexity index is 950. The number of nitrogens with one attached hydrogen (secondary N) is 1. The average Bonchev–Trinajstić information content (AvgIpc) is 2.73. The molecule has 4 rings (SSSR count). The first kappa shape index (κ1) is 22.2. The maximum atomic E-state index is 10.4. The van der Waals surface area contributed by atoms with Crippen LogP contribution in [0.2, 0.25) is 5.02 Å². The molecule has 0 aliphatic carbocycles. The summed E-state index contributed by atoms with van der Waals surface area (Å²) in [5, 5.41) is 33.8. The molecule has 0 aromatic heterocycles. The van der Waals surface area contributed by atoms with Gasteiger partial charge in [-0.1, -0.05) is 17.7 Å². The quantitative estimate of drug-likeness (QED) is 0.520. The Hall–Kier alpha value is -2.03. The van der Waals surface area contributed by atoms with Gasteiger partial charge in [-0.25, -0.2) is 0 Å². The maximum Gasteiger partial charge on any atom is 0.186 e. The summed E-state index contributed by atoms with van der Waals surface area (Å²) in [5.74, 6) is 1.22. The molecule has 4 N–H and O–H groups in total. The molecule has 2 aliphatic rings. The fourth-order valence-electron chi connectivity index (χ4n) is 4.20. The van der Waals surface area contributed by atoms with E-state index in [1.54, 1.807) is 19.9 Å². The number of halogens is 1. The zero-order valence-electron chi connectivity index (χ0n) is 17.6.